The second kappa shape index (κ2) is 20.4. The molecule has 14 heteroatoms. The summed E-state index contributed by atoms with van der Waals surface area (Å²) in [6.45, 7) is 2.39. The number of amides is 1. The molecule has 358 valence electrons. The lowest BCUT2D eigenvalue weighted by Crippen LogP contribution is -2.56. The van der Waals surface area contributed by atoms with Crippen LogP contribution in [-0.4, -0.2) is 80.0 Å². The molecule has 66 heavy (non-hydrogen) atoms. The van der Waals surface area contributed by atoms with E-state index in [0.29, 0.717) is 80.1 Å². The minimum Gasteiger partial charge on any atom is -0.504 e. The Morgan fingerprint density at radius 3 is 2.77 bits per heavy atom. The highest BCUT2D eigenvalue weighted by atomic mass is 33.1. The van der Waals surface area contributed by atoms with Crippen molar-refractivity contribution in [1.82, 2.24) is 15.2 Å². The Morgan fingerprint density at radius 2 is 1.91 bits per heavy atom. The van der Waals surface area contributed by atoms with Crippen molar-refractivity contribution >= 4 is 45.2 Å². The summed E-state index contributed by atoms with van der Waals surface area (Å²) >= 11 is 0. The number of guanidine groups is 1. The van der Waals surface area contributed by atoms with E-state index in [1.165, 1.54) is 13.3 Å². The summed E-state index contributed by atoms with van der Waals surface area (Å²) in [6.07, 6.45) is 20.3. The molecule has 3 aliphatic carbocycles. The number of pyridine rings is 1. The van der Waals surface area contributed by atoms with Crippen LogP contribution in [0.2, 0.25) is 0 Å². The van der Waals surface area contributed by atoms with Gasteiger partial charge in [0.15, 0.2) is 17.5 Å². The molecule has 1 amide bonds. The Labute approximate surface area is 399 Å². The number of phenolic OH excluding ortho intramolecular Hbond substituents is 1. The lowest BCUT2D eigenvalue weighted by atomic mass is 9.70. The molecule has 1 saturated heterocycles. The number of nitrogens with zero attached hydrogens (tertiary/aromatic N) is 3. The summed E-state index contributed by atoms with van der Waals surface area (Å²) in [5.41, 5.74) is 16.4. The zero-order valence-electron chi connectivity index (χ0n) is 39.0. The van der Waals surface area contributed by atoms with Crippen molar-refractivity contribution in [2.75, 3.05) is 24.6 Å². The number of aliphatic imine (C=N–C) groups is 1. The number of fused-ring (bicyclic) bond motifs is 12. The highest BCUT2D eigenvalue weighted by Gasteiger charge is 2.59. The van der Waals surface area contributed by atoms with Crippen LogP contribution in [0.4, 0.5) is 5.82 Å². The molecule has 4 aliphatic heterocycles. The fourth-order valence-electron chi connectivity index (χ4n) is 13.2. The summed E-state index contributed by atoms with van der Waals surface area (Å²) in [7, 11) is 3.94. The van der Waals surface area contributed by atoms with Gasteiger partial charge in [-0.05, 0) is 144 Å². The first kappa shape index (κ1) is 47.3. The van der Waals surface area contributed by atoms with E-state index in [4.69, 9.17) is 25.9 Å². The number of esters is 1. The SMILES string of the molecule is CC(=O)OC1CCc2cc(c(O)c3c2CCC2CCCC2O3)CN2CC(Cc3ccnc(N)c3)(CC2=O)C2C#CCC3CCC4(CCCC4(NC(N)=NC2)SSCCCCCCC(O)C1)C3. The van der Waals surface area contributed by atoms with Crippen molar-refractivity contribution in [1.29, 1.82) is 0 Å². The van der Waals surface area contributed by atoms with Gasteiger partial charge in [-0.25, -0.2) is 4.98 Å². The lowest BCUT2D eigenvalue weighted by molar-refractivity contribution is -0.148. The van der Waals surface area contributed by atoms with Gasteiger partial charge in [-0.1, -0.05) is 46.8 Å². The Kier molecular flexibility index (Phi) is 14.6. The fourth-order valence-corrected chi connectivity index (χ4v) is 16.7. The van der Waals surface area contributed by atoms with Gasteiger partial charge in [0.1, 0.15) is 22.9 Å². The molecular weight excluding hydrogens is 869 g/mol. The molecule has 8 bridgehead atoms. The Hall–Kier alpha value is -3.80. The molecule has 12 nitrogen and oxygen atoms in total. The molecule has 4 fully saturated rings. The lowest BCUT2D eigenvalue weighted by Gasteiger charge is -2.44. The number of aromatic nitrogens is 1. The number of anilines is 1. The molecule has 9 rings (SSSR count). The molecule has 0 radical (unpaired) electrons. The van der Waals surface area contributed by atoms with Gasteiger partial charge in [0.2, 0.25) is 5.91 Å². The van der Waals surface area contributed by atoms with Crippen LogP contribution in [0.1, 0.15) is 151 Å². The molecule has 2 aromatic rings. The predicted molar refractivity (Wildman–Crippen MR) is 263 cm³/mol. The van der Waals surface area contributed by atoms with Gasteiger partial charge in [0.25, 0.3) is 0 Å². The monoisotopic (exact) mass is 940 g/mol. The number of carbonyl (C=O) groups is 2. The molecule has 9 atom stereocenters. The highest BCUT2D eigenvalue weighted by molar-refractivity contribution is 8.77. The maximum absolute atomic E-state index is 14.7. The van der Waals surface area contributed by atoms with E-state index < -0.39 is 17.6 Å². The van der Waals surface area contributed by atoms with E-state index in [2.05, 4.69) is 28.2 Å². The second-order valence-corrected chi connectivity index (χ2v) is 23.8. The number of nitrogens with two attached hydrogens (primary N) is 2. The van der Waals surface area contributed by atoms with Crippen LogP contribution in [0.3, 0.4) is 0 Å². The van der Waals surface area contributed by atoms with Crippen LogP contribution in [0, 0.1) is 40.4 Å². The largest absolute Gasteiger partial charge is 0.504 e. The number of aromatic hydroxyl groups is 1. The number of hydrogen-bond acceptors (Lipinski definition) is 13. The molecule has 3 saturated carbocycles. The van der Waals surface area contributed by atoms with E-state index in [-0.39, 0.29) is 52.9 Å². The van der Waals surface area contributed by atoms with Gasteiger partial charge in [0.05, 0.1) is 12.6 Å². The van der Waals surface area contributed by atoms with Gasteiger partial charge in [-0.15, -0.1) is 5.92 Å². The Balaban J connectivity index is 1.10. The van der Waals surface area contributed by atoms with Gasteiger partial charge in [0, 0.05) is 79.1 Å². The van der Waals surface area contributed by atoms with Gasteiger partial charge < -0.3 is 41.4 Å². The van der Waals surface area contributed by atoms with E-state index in [1.807, 2.05) is 38.6 Å². The van der Waals surface area contributed by atoms with E-state index >= 15 is 0 Å². The minimum atomic E-state index is -0.637. The third-order valence-electron chi connectivity index (χ3n) is 16.5. The molecular formula is C52H72N6O6S2. The average Bonchev–Trinajstić information content (AvgIpc) is 4.03. The Bertz CT molecular complexity index is 2200. The molecule has 1 aromatic heterocycles. The maximum Gasteiger partial charge on any atom is 0.302 e. The quantitative estimate of drug-likeness (QED) is 0.113. The van der Waals surface area contributed by atoms with Gasteiger partial charge in [-0.3, -0.25) is 14.6 Å². The van der Waals surface area contributed by atoms with Crippen LogP contribution in [0.5, 0.6) is 11.5 Å². The van der Waals surface area contributed by atoms with Crippen LogP contribution in [-0.2, 0) is 40.1 Å². The third-order valence-corrected chi connectivity index (χ3v) is 19.8. The van der Waals surface area contributed by atoms with Crippen molar-refractivity contribution in [3.63, 3.8) is 0 Å². The number of phenols is 1. The van der Waals surface area contributed by atoms with Crippen LogP contribution >= 0.6 is 21.6 Å². The van der Waals surface area contributed by atoms with E-state index in [0.717, 1.165) is 119 Å². The number of benzene rings is 1. The fraction of sp³-hybridized carbons (Fsp3) is 0.692. The standard InChI is InChI=1S/C52H72N6O6S2/c1-34(59)63-42-16-14-38-26-39(47(62)48-43(38)17-15-37-10-7-13-44(37)64-48)32-58-33-50(30-46(58)61,28-36-19-23-55-45(53)25-36)40-11-6-9-35-18-22-51(29-35)20-8-21-52(51,57-49(54)56-31-40)66-65-24-5-3-2-4-12-41(60)27-42/h19,23,25-26,35,37,40-42,44,60,62H,2-5,7-10,12-18,20-22,24,27-33H2,1H3,(H2,53,55)(H3,54,56,57). The highest BCUT2D eigenvalue weighted by Crippen LogP contribution is 2.64. The van der Waals surface area contributed by atoms with Gasteiger partial charge in [-0.2, -0.15) is 0 Å². The average molecular weight is 941 g/mol. The zero-order chi connectivity index (χ0) is 45.9. The molecule has 1 aromatic carbocycles. The van der Waals surface area contributed by atoms with Crippen molar-refractivity contribution in [3.05, 3.63) is 46.6 Å². The third kappa shape index (κ3) is 10.3. The number of rotatable bonds is 3. The summed E-state index contributed by atoms with van der Waals surface area (Å²) in [4.78, 5) is 38.2. The second-order valence-electron chi connectivity index (χ2n) is 21.1. The maximum atomic E-state index is 14.7. The summed E-state index contributed by atoms with van der Waals surface area (Å²) < 4.78 is 12.7. The molecule has 2 spiro atoms. The van der Waals surface area contributed by atoms with Crippen LogP contribution in [0.15, 0.2) is 29.4 Å². The molecule has 9 unspecified atom stereocenters. The normalized spacial score (nSPS) is 34.3. The predicted octanol–water partition coefficient (Wildman–Crippen LogP) is 8.38. The van der Waals surface area contributed by atoms with Crippen LogP contribution in [0.25, 0.3) is 0 Å². The van der Waals surface area contributed by atoms with Crippen molar-refractivity contribution in [3.8, 4) is 23.3 Å². The first-order chi connectivity index (χ1) is 31.9. The van der Waals surface area contributed by atoms with Crippen molar-refractivity contribution < 1.29 is 29.3 Å². The smallest absolute Gasteiger partial charge is 0.302 e. The molecule has 7 N–H and O–H groups in total. The number of nitrogens with one attached hydrogen (secondary N) is 1. The number of carbonyl (C=O) groups excluding carboxylic acids is 2. The van der Waals surface area contributed by atoms with E-state index in [9.17, 15) is 19.8 Å². The van der Waals surface area contributed by atoms with Crippen LogP contribution < -0.4 is 21.5 Å². The number of aliphatic hydroxyl groups excluding tert-OH is 1. The number of aliphatic hydroxyl groups is 1. The van der Waals surface area contributed by atoms with E-state index in [1.54, 1.807) is 6.20 Å². The molecule has 7 aliphatic rings. The number of aryl methyl sites for hydroxylation is 1. The topological polar surface area (TPSA) is 186 Å². The summed E-state index contributed by atoms with van der Waals surface area (Å²) in [6, 6.07) is 5.94. The number of ether oxygens (including phenoxy) is 2. The number of hydrogen-bond donors (Lipinski definition) is 5. The van der Waals surface area contributed by atoms with Gasteiger partial charge >= 0.3 is 5.97 Å². The summed E-state index contributed by atoms with van der Waals surface area (Å²) in [5, 5.41) is 27.4. The Morgan fingerprint density at radius 1 is 1.03 bits per heavy atom. The summed E-state index contributed by atoms with van der Waals surface area (Å²) in [5.74, 6) is 10.3. The minimum absolute atomic E-state index is 0.00660. The van der Waals surface area contributed by atoms with Crippen molar-refractivity contribution in [2.24, 2.45) is 39.3 Å². The molecule has 5 heterocycles. The first-order valence-corrected chi connectivity index (χ1v) is 27.5. The van der Waals surface area contributed by atoms with Crippen molar-refractivity contribution in [2.45, 2.75) is 178 Å². The number of nitrogen functional groups attached to an aromatic ring is 1. The zero-order valence-corrected chi connectivity index (χ0v) is 40.6. The first-order valence-electron chi connectivity index (χ1n) is 25.2.